The summed E-state index contributed by atoms with van der Waals surface area (Å²) >= 11 is 10.2. The van der Waals surface area contributed by atoms with Gasteiger partial charge in [-0.15, -0.1) is 11.3 Å². The third kappa shape index (κ3) is 11.0. The van der Waals surface area contributed by atoms with Crippen molar-refractivity contribution < 1.29 is 0 Å². The molecule has 0 N–H and O–H groups in total. The fourth-order valence-electron chi connectivity index (χ4n) is 12.3. The zero-order valence-corrected chi connectivity index (χ0v) is 53.6. The molecule has 0 unspecified atom stereocenters. The Morgan fingerprint density at radius 1 is 0.329 bits per heavy atom. The van der Waals surface area contributed by atoms with Crippen molar-refractivity contribution in [1.29, 1.82) is 0 Å². The van der Waals surface area contributed by atoms with Crippen LogP contribution in [0.4, 0.5) is 34.1 Å². The van der Waals surface area contributed by atoms with E-state index in [1.54, 1.807) is 11.3 Å². The van der Waals surface area contributed by atoms with Crippen molar-refractivity contribution in [3.63, 3.8) is 0 Å². The maximum absolute atomic E-state index is 8.42. The molecule has 11 aromatic carbocycles. The first-order valence-corrected chi connectivity index (χ1v) is 31.5. The smallest absolute Gasteiger partial charge is 0.0887 e. The largest absolute Gasteiger partial charge is 0.308 e. The molecule has 12 aromatic rings. The highest BCUT2D eigenvalue weighted by Crippen LogP contribution is 2.53. The molecule has 0 amide bonds. The van der Waals surface area contributed by atoms with Gasteiger partial charge in [-0.2, -0.15) is 0 Å². The predicted octanol–water partition coefficient (Wildman–Crippen LogP) is 25.3. The molecule has 0 fully saturated rings. The zero-order valence-electron chi connectivity index (χ0n) is 52.0. The normalized spacial score (nSPS) is 12.5. The van der Waals surface area contributed by atoms with Gasteiger partial charge in [0.1, 0.15) is 0 Å². The van der Waals surface area contributed by atoms with Crippen LogP contribution in [0.2, 0.25) is 5.02 Å². The molecule has 0 bridgehead atoms. The van der Waals surface area contributed by atoms with E-state index in [1.165, 1.54) is 81.3 Å². The predicted molar refractivity (Wildman–Crippen MR) is 374 cm³/mol. The van der Waals surface area contributed by atoms with Crippen molar-refractivity contribution in [3.05, 3.63) is 251 Å². The van der Waals surface area contributed by atoms with Crippen LogP contribution in [0.25, 0.3) is 75.8 Å². The molecule has 0 radical (unpaired) electrons. The highest BCUT2D eigenvalue weighted by Gasteiger charge is 2.29. The molecule has 0 saturated heterocycles. The van der Waals surface area contributed by atoms with Gasteiger partial charge in [0.15, 0.2) is 0 Å². The minimum Gasteiger partial charge on any atom is -0.308 e. The number of anilines is 6. The first-order chi connectivity index (χ1) is 40.4. The van der Waals surface area contributed by atoms with Gasteiger partial charge in [0.25, 0.3) is 0 Å². The Labute approximate surface area is 514 Å². The van der Waals surface area contributed by atoms with Crippen molar-refractivity contribution >= 4 is 99.5 Å². The van der Waals surface area contributed by atoms with Crippen molar-refractivity contribution in [2.24, 2.45) is 0 Å². The molecular formula is C81H79ClN2S. The second-order valence-corrected chi connectivity index (χ2v) is 29.1. The fourth-order valence-corrected chi connectivity index (χ4v) is 13.5. The molecule has 4 heteroatoms. The molecule has 1 aromatic heterocycles. The lowest BCUT2D eigenvalue weighted by Crippen LogP contribution is -2.16. The molecule has 426 valence electrons. The highest BCUT2D eigenvalue weighted by molar-refractivity contribution is 7.17. The molecule has 85 heavy (non-hydrogen) atoms. The van der Waals surface area contributed by atoms with E-state index in [0.717, 1.165) is 56.4 Å². The lowest BCUT2D eigenvalue weighted by molar-refractivity contribution is 0.590. The van der Waals surface area contributed by atoms with Crippen LogP contribution in [-0.4, -0.2) is 0 Å². The van der Waals surface area contributed by atoms with Gasteiger partial charge in [-0.1, -0.05) is 254 Å². The number of hydrogen-bond acceptors (Lipinski definition) is 3. The Hall–Kier alpha value is -7.95. The number of halogens is 1. The number of nitrogens with zero attached hydrogens (tertiary/aromatic N) is 2. The Morgan fingerprint density at radius 2 is 0.788 bits per heavy atom. The zero-order chi connectivity index (χ0) is 59.9. The van der Waals surface area contributed by atoms with E-state index < -0.39 is 0 Å². The maximum Gasteiger partial charge on any atom is 0.0887 e. The first-order valence-electron chi connectivity index (χ1n) is 30.3. The van der Waals surface area contributed by atoms with Gasteiger partial charge in [-0.05, 0) is 182 Å². The summed E-state index contributed by atoms with van der Waals surface area (Å²) in [7, 11) is 0. The minimum atomic E-state index is -0.145. The second kappa shape index (κ2) is 21.8. The minimum absolute atomic E-state index is 0.00311. The summed E-state index contributed by atoms with van der Waals surface area (Å²) in [6, 6.07) is 80.2. The van der Waals surface area contributed by atoms with E-state index in [0.29, 0.717) is 10.9 Å². The van der Waals surface area contributed by atoms with Crippen molar-refractivity contribution in [1.82, 2.24) is 0 Å². The molecule has 2 nitrogen and oxygen atoms in total. The van der Waals surface area contributed by atoms with Crippen LogP contribution in [0.3, 0.4) is 0 Å². The molecule has 12 rings (SSSR count). The SMILES string of the molecule is CC(C)c1ccc(N(c2cccc(N(c3ccc(-c4ccc(C(C)(C)C)cc4)c(-c4ccc(C(C)(C)C)cc4)c3)c3ccc(C(C)(C)C)cc3-c3ccc4c5ccccc5c5ccccc5c4c3)c2Cl)c2csc3ccc(C(C)(C)C)cc23)cc1. The molecule has 0 saturated carbocycles. The number of fused-ring (bicyclic) bond motifs is 7. The summed E-state index contributed by atoms with van der Waals surface area (Å²) in [6.07, 6.45) is 0. The van der Waals surface area contributed by atoms with Gasteiger partial charge in [-0.25, -0.2) is 0 Å². The van der Waals surface area contributed by atoms with Crippen LogP contribution in [0.15, 0.2) is 218 Å². The van der Waals surface area contributed by atoms with Gasteiger partial charge in [0.05, 0.1) is 27.8 Å². The van der Waals surface area contributed by atoms with E-state index in [4.69, 9.17) is 11.6 Å². The maximum atomic E-state index is 8.42. The van der Waals surface area contributed by atoms with Crippen molar-refractivity contribution in [2.75, 3.05) is 9.80 Å². The third-order valence-electron chi connectivity index (χ3n) is 17.5. The third-order valence-corrected chi connectivity index (χ3v) is 18.8. The van der Waals surface area contributed by atoms with Crippen molar-refractivity contribution in [2.45, 2.75) is 125 Å². The van der Waals surface area contributed by atoms with Gasteiger partial charge < -0.3 is 9.80 Å². The Morgan fingerprint density at radius 3 is 1.33 bits per heavy atom. The van der Waals surface area contributed by atoms with Gasteiger partial charge in [0, 0.05) is 32.4 Å². The van der Waals surface area contributed by atoms with Crippen molar-refractivity contribution in [3.8, 4) is 33.4 Å². The summed E-state index contributed by atoms with van der Waals surface area (Å²) < 4.78 is 1.23. The number of thiophene rings is 1. The number of hydrogen-bond donors (Lipinski definition) is 0. The summed E-state index contributed by atoms with van der Waals surface area (Å²) in [5.74, 6) is 0.384. The van der Waals surface area contributed by atoms with Gasteiger partial charge >= 0.3 is 0 Å². The highest BCUT2D eigenvalue weighted by atomic mass is 35.5. The summed E-state index contributed by atoms with van der Waals surface area (Å²) in [4.78, 5) is 4.84. The average molecular weight is 1150 g/mol. The molecule has 0 spiro atoms. The van der Waals surface area contributed by atoms with Crippen LogP contribution in [0.5, 0.6) is 0 Å². The van der Waals surface area contributed by atoms with Crippen LogP contribution in [0, 0.1) is 0 Å². The molecule has 0 aliphatic carbocycles. The van der Waals surface area contributed by atoms with E-state index in [2.05, 4.69) is 324 Å². The molecule has 0 atom stereocenters. The van der Waals surface area contributed by atoms with Crippen LogP contribution >= 0.6 is 22.9 Å². The van der Waals surface area contributed by atoms with E-state index >= 15 is 0 Å². The van der Waals surface area contributed by atoms with E-state index in [1.807, 2.05) is 0 Å². The van der Waals surface area contributed by atoms with Crippen LogP contribution in [-0.2, 0) is 21.7 Å². The van der Waals surface area contributed by atoms with Gasteiger partial charge in [-0.3, -0.25) is 0 Å². The molecule has 0 aliphatic rings. The average Bonchev–Trinajstić information content (AvgIpc) is 3.17. The topological polar surface area (TPSA) is 6.48 Å². The summed E-state index contributed by atoms with van der Waals surface area (Å²) in [6.45, 7) is 32.1. The molecule has 0 aliphatic heterocycles. The standard InChI is InChI=1S/C81H79ClN2S/c1-51(2)52-30-39-60(40-31-52)83(75-50-85-76-45-38-59(48-71(75)76)81(12,13)14)73-24-19-25-74(77(73)82)84(61-41-43-62(53-26-33-56(34-27-53)78(3,4)5)68(49-61)54-28-35-57(36-29-54)79(6,7)8)72-44-37-58(80(9,10)11)47-69(72)55-32-42-67-65-22-16-15-20-63(65)64-21-17-18-23-66(64)70(67)46-55/h15-51H,1-14H3. The molecule has 1 heterocycles. The first kappa shape index (κ1) is 57.5. The fraction of sp³-hybridized carbons (Fsp3) is 0.235. The van der Waals surface area contributed by atoms with Crippen LogP contribution < -0.4 is 9.80 Å². The Balaban J connectivity index is 1.16. The Kier molecular flexibility index (Phi) is 14.8. The summed E-state index contributed by atoms with van der Waals surface area (Å²) in [5.41, 5.74) is 19.1. The summed E-state index contributed by atoms with van der Waals surface area (Å²) in [5, 5.41) is 11.6. The molecular weight excluding hydrogens is 1070 g/mol. The number of benzene rings is 11. The van der Waals surface area contributed by atoms with E-state index in [9.17, 15) is 0 Å². The quantitative estimate of drug-likeness (QED) is 0.126. The number of rotatable bonds is 10. The Bertz CT molecular complexity index is 4440. The second-order valence-electron chi connectivity index (χ2n) is 27.8. The van der Waals surface area contributed by atoms with Crippen LogP contribution in [0.1, 0.15) is 131 Å². The van der Waals surface area contributed by atoms with Gasteiger partial charge in [0.2, 0.25) is 0 Å². The van der Waals surface area contributed by atoms with E-state index in [-0.39, 0.29) is 21.7 Å². The monoisotopic (exact) mass is 1150 g/mol. The lowest BCUT2D eigenvalue weighted by atomic mass is 9.84. The lowest BCUT2D eigenvalue weighted by Gasteiger charge is -2.33.